The molecule has 0 saturated carbocycles. The summed E-state index contributed by atoms with van der Waals surface area (Å²) in [5.74, 6) is -2.49. The molecule has 30 heavy (non-hydrogen) atoms. The quantitative estimate of drug-likeness (QED) is 0.545. The van der Waals surface area contributed by atoms with E-state index in [1.165, 1.54) is 0 Å². The molecule has 0 atom stereocenters. The van der Waals surface area contributed by atoms with Gasteiger partial charge in [0.25, 0.3) is 5.88 Å². The lowest BCUT2D eigenvalue weighted by Crippen LogP contribution is -2.12. The molecule has 0 bridgehead atoms. The van der Waals surface area contributed by atoms with Crippen LogP contribution in [0.15, 0.2) is 18.2 Å². The van der Waals surface area contributed by atoms with Gasteiger partial charge < -0.3 is 15.0 Å². The zero-order valence-electron chi connectivity index (χ0n) is 14.4. The minimum atomic E-state index is -5.09. The highest BCUT2D eigenvalue weighted by Gasteiger charge is 2.37. The SMILES string of the molecule is COc1nc2nc(C(F)(F)F)[nH]c2nc1Nc1cc(C(F)(F)F)cc(C(F)(F)F)c1. The fourth-order valence-corrected chi connectivity index (χ4v) is 2.34. The molecule has 1 aromatic carbocycles. The number of anilines is 2. The number of hydrogen-bond acceptors (Lipinski definition) is 5. The maximum absolute atomic E-state index is 13.0. The fraction of sp³-hybridized carbons (Fsp3) is 0.267. The van der Waals surface area contributed by atoms with Gasteiger partial charge in [0.2, 0.25) is 11.5 Å². The van der Waals surface area contributed by atoms with Crippen LogP contribution in [0.25, 0.3) is 11.3 Å². The number of nitrogens with zero attached hydrogens (tertiary/aromatic N) is 3. The molecule has 0 fully saturated rings. The Hall–Kier alpha value is -3.26. The third-order valence-electron chi connectivity index (χ3n) is 3.61. The highest BCUT2D eigenvalue weighted by molar-refractivity contribution is 5.73. The first-order chi connectivity index (χ1) is 13.7. The number of benzene rings is 1. The maximum Gasteiger partial charge on any atom is 0.449 e. The molecule has 2 N–H and O–H groups in total. The number of aromatic nitrogens is 4. The molecule has 15 heteroatoms. The zero-order valence-corrected chi connectivity index (χ0v) is 14.4. The Kier molecular flexibility index (Phi) is 4.94. The highest BCUT2D eigenvalue weighted by atomic mass is 19.4. The molecular weight excluding hydrogens is 437 g/mol. The fourth-order valence-electron chi connectivity index (χ4n) is 2.34. The van der Waals surface area contributed by atoms with Gasteiger partial charge in [-0.05, 0) is 18.2 Å². The number of hydrogen-bond donors (Lipinski definition) is 2. The topological polar surface area (TPSA) is 75.7 Å². The lowest BCUT2D eigenvalue weighted by molar-refractivity contribution is -0.144. The number of rotatable bonds is 3. The first-order valence-electron chi connectivity index (χ1n) is 7.64. The third kappa shape index (κ3) is 4.33. The number of fused-ring (bicyclic) bond motifs is 1. The Labute approximate surface area is 160 Å². The minimum Gasteiger partial charge on any atom is -0.478 e. The summed E-state index contributed by atoms with van der Waals surface area (Å²) in [6.45, 7) is 0. The molecule has 0 spiro atoms. The number of nitrogens with one attached hydrogen (secondary N) is 2. The summed E-state index contributed by atoms with van der Waals surface area (Å²) in [5.41, 5.74) is -4.94. The molecule has 0 aliphatic rings. The first-order valence-corrected chi connectivity index (χ1v) is 7.64. The van der Waals surface area contributed by atoms with Crippen LogP contribution in [0.5, 0.6) is 5.88 Å². The van der Waals surface area contributed by atoms with Gasteiger partial charge in [0.05, 0.1) is 18.2 Å². The Morgan fingerprint density at radius 2 is 1.37 bits per heavy atom. The largest absolute Gasteiger partial charge is 0.478 e. The molecule has 0 aliphatic carbocycles. The first kappa shape index (κ1) is 21.4. The molecule has 3 aromatic rings. The number of ether oxygens (including phenoxy) is 1. The molecule has 2 aromatic heterocycles. The number of imidazole rings is 1. The summed E-state index contributed by atoms with van der Waals surface area (Å²) in [5, 5.41) is 2.16. The molecular formula is C15H8F9N5O. The normalized spacial score (nSPS) is 13.0. The third-order valence-corrected chi connectivity index (χ3v) is 3.61. The summed E-state index contributed by atoms with van der Waals surface area (Å²) in [6, 6.07) is 0.658. The second kappa shape index (κ2) is 6.91. The molecule has 0 saturated heterocycles. The van der Waals surface area contributed by atoms with Crippen LogP contribution in [-0.4, -0.2) is 27.0 Å². The van der Waals surface area contributed by atoms with Gasteiger partial charge in [-0.2, -0.15) is 44.5 Å². The molecule has 0 unspecified atom stereocenters. The summed E-state index contributed by atoms with van der Waals surface area (Å²) < 4.78 is 121. The number of H-pyrrole nitrogens is 1. The van der Waals surface area contributed by atoms with E-state index in [1.54, 1.807) is 0 Å². The van der Waals surface area contributed by atoms with Crippen LogP contribution in [-0.2, 0) is 18.5 Å². The Bertz CT molecular complexity index is 1050. The van der Waals surface area contributed by atoms with E-state index >= 15 is 0 Å². The molecule has 6 nitrogen and oxygen atoms in total. The van der Waals surface area contributed by atoms with Crippen LogP contribution < -0.4 is 10.1 Å². The van der Waals surface area contributed by atoms with Gasteiger partial charge in [0.1, 0.15) is 0 Å². The highest BCUT2D eigenvalue weighted by Crippen LogP contribution is 2.39. The van der Waals surface area contributed by atoms with Crippen molar-refractivity contribution in [3.05, 3.63) is 35.2 Å². The number of methoxy groups -OCH3 is 1. The lowest BCUT2D eigenvalue weighted by atomic mass is 10.1. The maximum atomic E-state index is 13.0. The average molecular weight is 445 g/mol. The molecule has 0 amide bonds. The van der Waals surface area contributed by atoms with Crippen molar-refractivity contribution in [2.45, 2.75) is 18.5 Å². The Morgan fingerprint density at radius 3 is 1.83 bits per heavy atom. The van der Waals surface area contributed by atoms with E-state index in [4.69, 9.17) is 4.74 Å². The summed E-state index contributed by atoms with van der Waals surface area (Å²) >= 11 is 0. The van der Waals surface area contributed by atoms with Crippen LogP contribution in [0.3, 0.4) is 0 Å². The molecule has 0 radical (unpaired) electrons. The van der Waals surface area contributed by atoms with E-state index in [2.05, 4.69) is 20.3 Å². The van der Waals surface area contributed by atoms with E-state index < -0.39 is 64.2 Å². The van der Waals surface area contributed by atoms with Crippen LogP contribution >= 0.6 is 0 Å². The van der Waals surface area contributed by atoms with Gasteiger partial charge >= 0.3 is 18.5 Å². The van der Waals surface area contributed by atoms with Crippen LogP contribution in [0.4, 0.5) is 51.0 Å². The lowest BCUT2D eigenvalue weighted by Gasteiger charge is -2.15. The average Bonchev–Trinajstić information content (AvgIpc) is 3.02. The van der Waals surface area contributed by atoms with Gasteiger partial charge in [0, 0.05) is 5.69 Å². The van der Waals surface area contributed by atoms with E-state index in [0.717, 1.165) is 7.11 Å². The van der Waals surface area contributed by atoms with Gasteiger partial charge in [-0.25, -0.2) is 9.97 Å². The predicted molar refractivity (Wildman–Crippen MR) is 83.0 cm³/mol. The molecule has 2 heterocycles. The molecule has 162 valence electrons. The second-order valence-electron chi connectivity index (χ2n) is 5.76. The van der Waals surface area contributed by atoms with E-state index in [1.807, 2.05) is 4.98 Å². The van der Waals surface area contributed by atoms with Crippen molar-refractivity contribution in [3.8, 4) is 5.88 Å². The van der Waals surface area contributed by atoms with Crippen molar-refractivity contribution >= 4 is 22.8 Å². The summed E-state index contributed by atoms with van der Waals surface area (Å²) in [4.78, 5) is 12.3. The smallest absolute Gasteiger partial charge is 0.449 e. The van der Waals surface area contributed by atoms with E-state index in [-0.39, 0.29) is 6.07 Å². The van der Waals surface area contributed by atoms with Crippen molar-refractivity contribution in [2.24, 2.45) is 0 Å². The number of halogens is 9. The summed E-state index contributed by atoms with van der Waals surface area (Å²) in [7, 11) is 1.02. The molecule has 3 rings (SSSR count). The van der Waals surface area contributed by atoms with E-state index in [0.29, 0.717) is 12.1 Å². The van der Waals surface area contributed by atoms with Gasteiger partial charge in [-0.1, -0.05) is 0 Å². The monoisotopic (exact) mass is 445 g/mol. The van der Waals surface area contributed by atoms with Crippen molar-refractivity contribution in [2.75, 3.05) is 12.4 Å². The van der Waals surface area contributed by atoms with E-state index in [9.17, 15) is 39.5 Å². The van der Waals surface area contributed by atoms with Crippen LogP contribution in [0, 0.1) is 0 Å². The van der Waals surface area contributed by atoms with Gasteiger partial charge in [-0.15, -0.1) is 0 Å². The van der Waals surface area contributed by atoms with Gasteiger partial charge in [-0.3, -0.25) is 0 Å². The Balaban J connectivity index is 2.10. The molecule has 0 aliphatic heterocycles. The second-order valence-corrected chi connectivity index (χ2v) is 5.76. The summed E-state index contributed by atoms with van der Waals surface area (Å²) in [6.07, 6.45) is -15.1. The Morgan fingerprint density at radius 1 is 0.800 bits per heavy atom. The number of alkyl halides is 9. The van der Waals surface area contributed by atoms with Crippen molar-refractivity contribution in [1.29, 1.82) is 0 Å². The van der Waals surface area contributed by atoms with Crippen molar-refractivity contribution < 1.29 is 44.3 Å². The van der Waals surface area contributed by atoms with Crippen molar-refractivity contribution in [3.63, 3.8) is 0 Å². The van der Waals surface area contributed by atoms with Crippen LogP contribution in [0.2, 0.25) is 0 Å². The van der Waals surface area contributed by atoms with Crippen LogP contribution in [0.1, 0.15) is 17.0 Å². The standard InChI is InChI=1S/C15H8F9N5O/c1-30-11-10(26-8-9(27-11)29-12(28-8)15(22,23)24)25-7-3-5(13(16,17)18)2-6(4-7)14(19,20)21/h2-4H,1H3,(H2,25,26,27,28,29). The minimum absolute atomic E-state index is 0.0816. The van der Waals surface area contributed by atoms with Gasteiger partial charge in [0.15, 0.2) is 11.5 Å². The zero-order chi connectivity index (χ0) is 22.5. The number of aromatic amines is 1. The predicted octanol–water partition coefficient (Wildman–Crippen LogP) is 5.16. The van der Waals surface area contributed by atoms with Crippen molar-refractivity contribution in [1.82, 2.24) is 19.9 Å².